The van der Waals surface area contributed by atoms with Gasteiger partial charge in [-0.25, -0.2) is 4.98 Å². The number of benzene rings is 2. The molecule has 1 heterocycles. The van der Waals surface area contributed by atoms with Crippen LogP contribution in [0.3, 0.4) is 0 Å². The van der Waals surface area contributed by atoms with Crippen LogP contribution in [-0.4, -0.2) is 26.9 Å². The fourth-order valence-corrected chi connectivity index (χ4v) is 3.80. The largest absolute Gasteiger partial charge is 0.418 e. The number of nitrogens with one attached hydrogen (secondary N) is 1. The second-order valence-electron chi connectivity index (χ2n) is 6.79. The van der Waals surface area contributed by atoms with Gasteiger partial charge >= 0.3 is 12.4 Å². The zero-order chi connectivity index (χ0) is 23.5. The van der Waals surface area contributed by atoms with E-state index in [1.807, 2.05) is 0 Å². The lowest BCUT2D eigenvalue weighted by Crippen LogP contribution is -2.25. The van der Waals surface area contributed by atoms with Gasteiger partial charge < -0.3 is 9.88 Å². The van der Waals surface area contributed by atoms with Gasteiger partial charge in [0.2, 0.25) is 5.91 Å². The van der Waals surface area contributed by atoms with Crippen LogP contribution in [0.5, 0.6) is 0 Å². The molecule has 1 amide bonds. The SMILES string of the molecule is CC(Sc1ncc(-c2ccccc2)n1CC(F)(F)F)C(=O)Nc1ccccc1C(F)(F)F. The van der Waals surface area contributed by atoms with Gasteiger partial charge in [-0.2, -0.15) is 26.3 Å². The second kappa shape index (κ2) is 9.27. The summed E-state index contributed by atoms with van der Waals surface area (Å²) in [6.45, 7) is 0.0514. The van der Waals surface area contributed by atoms with Gasteiger partial charge in [0.25, 0.3) is 0 Å². The summed E-state index contributed by atoms with van der Waals surface area (Å²) < 4.78 is 79.9. The van der Waals surface area contributed by atoms with E-state index in [9.17, 15) is 31.1 Å². The molecule has 0 spiro atoms. The van der Waals surface area contributed by atoms with Crippen LogP contribution in [0, 0.1) is 0 Å². The molecule has 32 heavy (non-hydrogen) atoms. The van der Waals surface area contributed by atoms with Crippen LogP contribution in [0.1, 0.15) is 12.5 Å². The second-order valence-corrected chi connectivity index (χ2v) is 8.09. The number of carbonyl (C=O) groups excluding carboxylic acids is 1. The third-order valence-electron chi connectivity index (χ3n) is 4.37. The molecule has 1 aromatic heterocycles. The molecule has 1 atom stereocenters. The van der Waals surface area contributed by atoms with Crippen molar-refractivity contribution < 1.29 is 31.1 Å². The molecule has 170 valence electrons. The maximum Gasteiger partial charge on any atom is 0.418 e. The number of amides is 1. The van der Waals surface area contributed by atoms with E-state index >= 15 is 0 Å². The number of imidazole rings is 1. The number of carbonyl (C=O) groups is 1. The van der Waals surface area contributed by atoms with Crippen molar-refractivity contribution in [3.63, 3.8) is 0 Å². The summed E-state index contributed by atoms with van der Waals surface area (Å²) in [6, 6.07) is 12.8. The van der Waals surface area contributed by atoms with Gasteiger partial charge in [-0.05, 0) is 24.6 Å². The third-order valence-corrected chi connectivity index (χ3v) is 5.47. The molecule has 0 aliphatic heterocycles. The highest BCUT2D eigenvalue weighted by molar-refractivity contribution is 8.00. The lowest BCUT2D eigenvalue weighted by molar-refractivity contribution is -0.141. The Hall–Kier alpha value is -2.95. The van der Waals surface area contributed by atoms with Gasteiger partial charge in [0.1, 0.15) is 6.54 Å². The predicted molar refractivity (Wildman–Crippen MR) is 109 cm³/mol. The number of anilines is 1. The van der Waals surface area contributed by atoms with Crippen molar-refractivity contribution in [2.24, 2.45) is 0 Å². The first-order chi connectivity index (χ1) is 15.0. The number of aromatic nitrogens is 2. The molecule has 1 unspecified atom stereocenters. The van der Waals surface area contributed by atoms with E-state index in [1.165, 1.54) is 25.3 Å². The molecule has 0 fully saturated rings. The number of thioether (sulfide) groups is 1. The molecule has 4 nitrogen and oxygen atoms in total. The average molecular weight is 473 g/mol. The standard InChI is InChI=1S/C21H17F6N3OS/c1-13(18(31)29-16-10-6-5-9-15(16)21(25,26)27)32-19-28-11-17(14-7-3-2-4-8-14)30(19)12-20(22,23)24/h2-11,13H,12H2,1H3,(H,29,31). The van der Waals surface area contributed by atoms with Crippen LogP contribution in [0.25, 0.3) is 11.3 Å². The number of rotatable bonds is 6. The minimum absolute atomic E-state index is 0.0760. The molecule has 1 N–H and O–H groups in total. The van der Waals surface area contributed by atoms with Crippen LogP contribution in [0.15, 0.2) is 66.0 Å². The molecule has 11 heteroatoms. The lowest BCUT2D eigenvalue weighted by Gasteiger charge is -2.17. The summed E-state index contributed by atoms with van der Waals surface area (Å²) in [7, 11) is 0. The van der Waals surface area contributed by atoms with Crippen LogP contribution >= 0.6 is 11.8 Å². The zero-order valence-electron chi connectivity index (χ0n) is 16.5. The van der Waals surface area contributed by atoms with Gasteiger partial charge in [-0.15, -0.1) is 0 Å². The van der Waals surface area contributed by atoms with Crippen molar-refractivity contribution in [3.8, 4) is 11.3 Å². The van der Waals surface area contributed by atoms with Crippen LogP contribution < -0.4 is 5.32 Å². The van der Waals surface area contributed by atoms with Crippen LogP contribution in [0.2, 0.25) is 0 Å². The highest BCUT2D eigenvalue weighted by Crippen LogP contribution is 2.36. The first-order valence-corrected chi connectivity index (χ1v) is 10.1. The average Bonchev–Trinajstić information content (AvgIpc) is 3.08. The van der Waals surface area contributed by atoms with E-state index in [0.29, 0.717) is 5.56 Å². The molecule has 3 aromatic rings. The Kier molecular flexibility index (Phi) is 6.87. The monoisotopic (exact) mass is 473 g/mol. The first-order valence-electron chi connectivity index (χ1n) is 9.27. The van der Waals surface area contributed by atoms with Crippen molar-refractivity contribution in [3.05, 3.63) is 66.4 Å². The van der Waals surface area contributed by atoms with Gasteiger partial charge in [0, 0.05) is 0 Å². The Labute approximate surface area is 183 Å². The Morgan fingerprint density at radius 3 is 2.28 bits per heavy atom. The van der Waals surface area contributed by atoms with E-state index in [2.05, 4.69) is 10.3 Å². The fourth-order valence-electron chi connectivity index (χ4n) is 2.91. The summed E-state index contributed by atoms with van der Waals surface area (Å²) in [4.78, 5) is 16.5. The van der Waals surface area contributed by atoms with Crippen molar-refractivity contribution >= 4 is 23.4 Å². The van der Waals surface area contributed by atoms with E-state index in [4.69, 9.17) is 0 Å². The molecule has 0 aliphatic carbocycles. The Bertz CT molecular complexity index is 1080. The van der Waals surface area contributed by atoms with Gasteiger partial charge in [0.15, 0.2) is 5.16 Å². The van der Waals surface area contributed by atoms with E-state index in [0.717, 1.165) is 28.5 Å². The number of hydrogen-bond donors (Lipinski definition) is 1. The predicted octanol–water partition coefficient (Wildman–Crippen LogP) is 6.25. The molecular weight excluding hydrogens is 456 g/mol. The highest BCUT2D eigenvalue weighted by atomic mass is 32.2. The summed E-state index contributed by atoms with van der Waals surface area (Å²) in [6.07, 6.45) is -7.95. The molecule has 0 bridgehead atoms. The molecule has 0 aliphatic rings. The summed E-state index contributed by atoms with van der Waals surface area (Å²) in [5, 5.41) is 1.11. The van der Waals surface area contributed by atoms with Crippen LogP contribution in [-0.2, 0) is 17.5 Å². The van der Waals surface area contributed by atoms with Crippen molar-refractivity contribution in [1.82, 2.24) is 9.55 Å². The normalized spacial score (nSPS) is 13.1. The van der Waals surface area contributed by atoms with E-state index < -0.39 is 41.3 Å². The summed E-state index contributed by atoms with van der Waals surface area (Å²) in [5.74, 6) is -0.797. The fraction of sp³-hybridized carbons (Fsp3) is 0.238. The Morgan fingerprint density at radius 2 is 1.66 bits per heavy atom. The third kappa shape index (κ3) is 5.84. The number of halogens is 6. The van der Waals surface area contributed by atoms with E-state index in [-0.39, 0.29) is 10.9 Å². The van der Waals surface area contributed by atoms with Gasteiger partial charge in [-0.3, -0.25) is 4.79 Å². The maximum absolute atomic E-state index is 13.2. The minimum Gasteiger partial charge on any atom is -0.325 e. The summed E-state index contributed by atoms with van der Waals surface area (Å²) in [5.41, 5.74) is -0.732. The van der Waals surface area contributed by atoms with Crippen LogP contribution in [0.4, 0.5) is 32.0 Å². The Morgan fingerprint density at radius 1 is 1.03 bits per heavy atom. The smallest absolute Gasteiger partial charge is 0.325 e. The van der Waals surface area contributed by atoms with Gasteiger partial charge in [0.05, 0.1) is 28.4 Å². The quantitative estimate of drug-likeness (QED) is 0.340. The highest BCUT2D eigenvalue weighted by Gasteiger charge is 2.34. The first kappa shape index (κ1) is 23.7. The number of hydrogen-bond acceptors (Lipinski definition) is 3. The molecular formula is C21H17F6N3OS. The zero-order valence-corrected chi connectivity index (χ0v) is 17.4. The molecule has 0 saturated carbocycles. The minimum atomic E-state index is -4.67. The Balaban J connectivity index is 1.84. The topological polar surface area (TPSA) is 46.9 Å². The molecule has 3 rings (SSSR count). The number of nitrogens with zero attached hydrogens (tertiary/aromatic N) is 2. The van der Waals surface area contributed by atoms with E-state index in [1.54, 1.807) is 30.3 Å². The van der Waals surface area contributed by atoms with Crippen molar-refractivity contribution in [2.75, 3.05) is 5.32 Å². The maximum atomic E-state index is 13.2. The van der Waals surface area contributed by atoms with Crippen molar-refractivity contribution in [2.45, 2.75) is 36.2 Å². The number of para-hydroxylation sites is 1. The summed E-state index contributed by atoms with van der Waals surface area (Å²) >= 11 is 0.726. The molecule has 2 aromatic carbocycles. The van der Waals surface area contributed by atoms with Gasteiger partial charge in [-0.1, -0.05) is 54.2 Å². The lowest BCUT2D eigenvalue weighted by atomic mass is 10.1. The van der Waals surface area contributed by atoms with Crippen molar-refractivity contribution in [1.29, 1.82) is 0 Å². The molecule has 0 radical (unpaired) electrons. The molecule has 0 saturated heterocycles. The number of alkyl halides is 6.